The van der Waals surface area contributed by atoms with Gasteiger partial charge in [-0.3, -0.25) is 4.79 Å². The van der Waals surface area contributed by atoms with Crippen LogP contribution in [0.4, 0.5) is 13.2 Å². The summed E-state index contributed by atoms with van der Waals surface area (Å²) in [7, 11) is 0. The van der Waals surface area contributed by atoms with Crippen molar-refractivity contribution in [3.05, 3.63) is 29.8 Å². The zero-order valence-corrected chi connectivity index (χ0v) is 13.8. The molecule has 0 aliphatic heterocycles. The standard InChI is InChI=1S/C16H15F3N6O/c1-15(9-20,11-5-6-11)21-13(26)8-25-23-14(22-24-25)10-3-2-4-12(7-10)16(17,18)19/h2-4,7,11H,5-6,8H2,1H3,(H,21,26)/t15-/m1/s1. The fraction of sp³-hybridized carbons (Fsp3) is 0.438. The van der Waals surface area contributed by atoms with Gasteiger partial charge in [0.25, 0.3) is 0 Å². The van der Waals surface area contributed by atoms with Crippen LogP contribution in [0, 0.1) is 17.2 Å². The van der Waals surface area contributed by atoms with E-state index in [2.05, 4.69) is 26.8 Å². The molecule has 1 aromatic heterocycles. The predicted octanol–water partition coefficient (Wildman–Crippen LogP) is 2.17. The zero-order valence-electron chi connectivity index (χ0n) is 13.8. The lowest BCUT2D eigenvalue weighted by molar-refractivity contribution is -0.137. The Hall–Kier alpha value is -2.96. The highest BCUT2D eigenvalue weighted by atomic mass is 19.4. The van der Waals surface area contributed by atoms with E-state index in [1.54, 1.807) is 6.92 Å². The van der Waals surface area contributed by atoms with Gasteiger partial charge in [0, 0.05) is 5.56 Å². The summed E-state index contributed by atoms with van der Waals surface area (Å²) in [6.07, 6.45) is -2.71. The lowest BCUT2D eigenvalue weighted by atomic mass is 9.98. The van der Waals surface area contributed by atoms with Gasteiger partial charge in [-0.1, -0.05) is 12.1 Å². The first-order valence-electron chi connectivity index (χ1n) is 7.89. The second-order valence-corrected chi connectivity index (χ2v) is 6.36. The van der Waals surface area contributed by atoms with Crippen molar-refractivity contribution in [2.24, 2.45) is 5.92 Å². The lowest BCUT2D eigenvalue weighted by Gasteiger charge is -2.22. The van der Waals surface area contributed by atoms with Gasteiger partial charge in [0.05, 0.1) is 11.6 Å². The molecule has 0 unspecified atom stereocenters. The Balaban J connectivity index is 1.70. The number of aromatic nitrogens is 4. The normalized spacial score (nSPS) is 16.6. The van der Waals surface area contributed by atoms with Gasteiger partial charge in [-0.2, -0.15) is 23.2 Å². The number of nitriles is 1. The summed E-state index contributed by atoms with van der Waals surface area (Å²) in [5, 5.41) is 23.2. The monoisotopic (exact) mass is 364 g/mol. The molecule has 1 aromatic carbocycles. The minimum Gasteiger partial charge on any atom is -0.336 e. The maximum absolute atomic E-state index is 12.8. The second kappa shape index (κ2) is 6.40. The average molecular weight is 364 g/mol. The summed E-state index contributed by atoms with van der Waals surface area (Å²) in [6.45, 7) is 1.38. The van der Waals surface area contributed by atoms with Gasteiger partial charge in [0.1, 0.15) is 12.1 Å². The number of benzene rings is 1. The molecule has 1 amide bonds. The number of carbonyl (C=O) groups excluding carboxylic acids is 1. The van der Waals surface area contributed by atoms with E-state index >= 15 is 0 Å². The molecule has 10 heteroatoms. The third kappa shape index (κ3) is 3.82. The van der Waals surface area contributed by atoms with Crippen LogP contribution in [0.25, 0.3) is 11.4 Å². The number of hydrogen-bond acceptors (Lipinski definition) is 5. The van der Waals surface area contributed by atoms with Gasteiger partial charge in [-0.25, -0.2) is 0 Å². The molecule has 0 bridgehead atoms. The largest absolute Gasteiger partial charge is 0.416 e. The quantitative estimate of drug-likeness (QED) is 0.877. The molecule has 1 aliphatic carbocycles. The molecule has 3 rings (SSSR count). The first-order chi connectivity index (χ1) is 12.2. The number of halogens is 3. The first kappa shape index (κ1) is 17.8. The van der Waals surface area contributed by atoms with Crippen molar-refractivity contribution in [3.63, 3.8) is 0 Å². The van der Waals surface area contributed by atoms with E-state index < -0.39 is 23.2 Å². The molecule has 0 spiro atoms. The molecule has 1 N–H and O–H groups in total. The van der Waals surface area contributed by atoms with Crippen LogP contribution in [0.2, 0.25) is 0 Å². The van der Waals surface area contributed by atoms with Crippen molar-refractivity contribution in [1.29, 1.82) is 5.26 Å². The fourth-order valence-corrected chi connectivity index (χ4v) is 2.60. The van der Waals surface area contributed by atoms with Gasteiger partial charge in [0.15, 0.2) is 0 Å². The Labute approximate surface area is 146 Å². The smallest absolute Gasteiger partial charge is 0.336 e. The van der Waals surface area contributed by atoms with Gasteiger partial charge in [0.2, 0.25) is 11.7 Å². The van der Waals surface area contributed by atoms with E-state index in [1.807, 2.05) is 0 Å². The maximum Gasteiger partial charge on any atom is 0.416 e. The van der Waals surface area contributed by atoms with Gasteiger partial charge >= 0.3 is 6.18 Å². The van der Waals surface area contributed by atoms with Crippen LogP contribution < -0.4 is 5.32 Å². The van der Waals surface area contributed by atoms with Crippen molar-refractivity contribution in [1.82, 2.24) is 25.5 Å². The van der Waals surface area contributed by atoms with Crippen molar-refractivity contribution >= 4 is 5.91 Å². The Morgan fingerprint density at radius 1 is 1.42 bits per heavy atom. The third-order valence-electron chi connectivity index (χ3n) is 4.21. The Kier molecular flexibility index (Phi) is 4.39. The Morgan fingerprint density at radius 2 is 2.15 bits per heavy atom. The molecule has 2 aromatic rings. The van der Waals surface area contributed by atoms with Crippen molar-refractivity contribution in [2.75, 3.05) is 0 Å². The Morgan fingerprint density at radius 3 is 2.77 bits per heavy atom. The molecular formula is C16H15F3N6O. The van der Waals surface area contributed by atoms with E-state index in [9.17, 15) is 23.2 Å². The summed E-state index contributed by atoms with van der Waals surface area (Å²) in [5.41, 5.74) is -1.62. The maximum atomic E-state index is 12.8. The van der Waals surface area contributed by atoms with Gasteiger partial charge in [-0.15, -0.1) is 10.2 Å². The molecule has 26 heavy (non-hydrogen) atoms. The third-order valence-corrected chi connectivity index (χ3v) is 4.21. The average Bonchev–Trinajstić information content (AvgIpc) is 3.35. The molecule has 1 atom stereocenters. The molecule has 1 fully saturated rings. The molecule has 0 radical (unpaired) electrons. The van der Waals surface area contributed by atoms with E-state index in [1.165, 1.54) is 12.1 Å². The van der Waals surface area contributed by atoms with Crippen LogP contribution in [0.1, 0.15) is 25.3 Å². The van der Waals surface area contributed by atoms with Crippen molar-refractivity contribution in [3.8, 4) is 17.5 Å². The molecular weight excluding hydrogens is 349 g/mol. The summed E-state index contributed by atoms with van der Waals surface area (Å²) < 4.78 is 38.3. The summed E-state index contributed by atoms with van der Waals surface area (Å²) >= 11 is 0. The molecule has 1 heterocycles. The summed E-state index contributed by atoms with van der Waals surface area (Å²) in [4.78, 5) is 13.1. The topological polar surface area (TPSA) is 96.5 Å². The first-order valence-corrected chi connectivity index (χ1v) is 7.89. The minimum absolute atomic E-state index is 0.0193. The number of carbonyl (C=O) groups is 1. The van der Waals surface area contributed by atoms with E-state index in [-0.39, 0.29) is 23.9 Å². The van der Waals surface area contributed by atoms with Crippen LogP contribution in [0.5, 0.6) is 0 Å². The zero-order chi connectivity index (χ0) is 18.9. The second-order valence-electron chi connectivity index (χ2n) is 6.36. The van der Waals surface area contributed by atoms with Crippen LogP contribution in [0.3, 0.4) is 0 Å². The highest BCUT2D eigenvalue weighted by molar-refractivity contribution is 5.77. The van der Waals surface area contributed by atoms with Crippen LogP contribution in [0.15, 0.2) is 24.3 Å². The number of alkyl halides is 3. The van der Waals surface area contributed by atoms with Crippen LogP contribution in [-0.4, -0.2) is 31.7 Å². The molecule has 1 aliphatic rings. The number of tetrazole rings is 1. The van der Waals surface area contributed by atoms with Crippen molar-refractivity contribution < 1.29 is 18.0 Å². The van der Waals surface area contributed by atoms with E-state index in [0.717, 1.165) is 29.8 Å². The molecule has 0 saturated heterocycles. The SMILES string of the molecule is C[C@](C#N)(NC(=O)Cn1nnc(-c2cccc(C(F)(F)F)c2)n1)C1CC1. The van der Waals surface area contributed by atoms with Crippen LogP contribution in [-0.2, 0) is 17.5 Å². The fourth-order valence-electron chi connectivity index (χ4n) is 2.60. The van der Waals surface area contributed by atoms with Crippen LogP contribution >= 0.6 is 0 Å². The summed E-state index contributed by atoms with van der Waals surface area (Å²) in [5.74, 6) is -0.357. The highest BCUT2D eigenvalue weighted by Crippen LogP contribution is 2.39. The predicted molar refractivity (Wildman–Crippen MR) is 83.1 cm³/mol. The molecule has 1 saturated carbocycles. The number of hydrogen-bond donors (Lipinski definition) is 1. The lowest BCUT2D eigenvalue weighted by Crippen LogP contribution is -2.48. The van der Waals surface area contributed by atoms with Gasteiger partial charge in [-0.05, 0) is 43.0 Å². The molecule has 7 nitrogen and oxygen atoms in total. The van der Waals surface area contributed by atoms with E-state index in [4.69, 9.17) is 0 Å². The number of nitrogens with one attached hydrogen (secondary N) is 1. The highest BCUT2D eigenvalue weighted by Gasteiger charge is 2.43. The van der Waals surface area contributed by atoms with E-state index in [0.29, 0.717) is 0 Å². The summed E-state index contributed by atoms with van der Waals surface area (Å²) in [6, 6.07) is 6.65. The minimum atomic E-state index is -4.48. The number of amides is 1. The van der Waals surface area contributed by atoms with Crippen molar-refractivity contribution in [2.45, 2.75) is 38.0 Å². The molecule has 136 valence electrons. The Bertz CT molecular complexity index is 867. The number of nitrogens with zero attached hydrogens (tertiary/aromatic N) is 5. The number of rotatable bonds is 5. The van der Waals surface area contributed by atoms with Gasteiger partial charge < -0.3 is 5.32 Å².